The second-order valence-corrected chi connectivity index (χ2v) is 6.63. The maximum atomic E-state index is 12.6. The summed E-state index contributed by atoms with van der Waals surface area (Å²) in [4.78, 5) is 36.9. The van der Waals surface area contributed by atoms with E-state index in [9.17, 15) is 14.4 Å². The number of carbonyl (C=O) groups is 3. The van der Waals surface area contributed by atoms with Crippen LogP contribution in [0.1, 0.15) is 32.0 Å². The Hall–Kier alpha value is -4.07. The monoisotopic (exact) mass is 422 g/mol. The van der Waals surface area contributed by atoms with Gasteiger partial charge < -0.3 is 24.5 Å². The van der Waals surface area contributed by atoms with E-state index in [4.69, 9.17) is 13.9 Å². The van der Waals surface area contributed by atoms with Gasteiger partial charge in [0.05, 0.1) is 24.6 Å². The first-order chi connectivity index (χ1) is 15.0. The van der Waals surface area contributed by atoms with Crippen LogP contribution in [-0.4, -0.2) is 31.5 Å². The molecule has 0 aliphatic carbocycles. The molecule has 0 radical (unpaired) electrons. The number of anilines is 1. The van der Waals surface area contributed by atoms with Crippen LogP contribution in [0.25, 0.3) is 0 Å². The fourth-order valence-corrected chi connectivity index (χ4v) is 2.83. The van der Waals surface area contributed by atoms with Crippen LogP contribution in [0, 0.1) is 6.92 Å². The first-order valence-electron chi connectivity index (χ1n) is 9.49. The normalized spacial score (nSPS) is 10.3. The van der Waals surface area contributed by atoms with Crippen molar-refractivity contribution in [2.24, 2.45) is 0 Å². The van der Waals surface area contributed by atoms with E-state index in [0.29, 0.717) is 17.0 Å². The summed E-state index contributed by atoms with van der Waals surface area (Å²) < 4.78 is 15.4. The Morgan fingerprint density at radius 2 is 1.84 bits per heavy atom. The number of para-hydroxylation sites is 1. The van der Waals surface area contributed by atoms with Crippen LogP contribution in [-0.2, 0) is 16.1 Å². The molecule has 0 unspecified atom stereocenters. The van der Waals surface area contributed by atoms with E-state index in [1.165, 1.54) is 18.4 Å². The zero-order valence-corrected chi connectivity index (χ0v) is 17.1. The lowest BCUT2D eigenvalue weighted by molar-refractivity contribution is -0.124. The summed E-state index contributed by atoms with van der Waals surface area (Å²) in [5.74, 6) is -0.884. The molecule has 0 bridgehead atoms. The number of hydrogen-bond donors (Lipinski definition) is 2. The number of carbonyl (C=O) groups excluding carboxylic acids is 3. The van der Waals surface area contributed by atoms with Gasteiger partial charge >= 0.3 is 5.97 Å². The van der Waals surface area contributed by atoms with E-state index in [0.717, 1.165) is 5.56 Å². The summed E-state index contributed by atoms with van der Waals surface area (Å²) in [6.07, 6.45) is 1.38. The first kappa shape index (κ1) is 21.6. The van der Waals surface area contributed by atoms with Gasteiger partial charge in [-0.05, 0) is 48.4 Å². The third-order valence-corrected chi connectivity index (χ3v) is 4.43. The lowest BCUT2D eigenvalue weighted by Crippen LogP contribution is -2.28. The average molecular weight is 422 g/mol. The molecule has 8 nitrogen and oxygen atoms in total. The molecule has 31 heavy (non-hydrogen) atoms. The van der Waals surface area contributed by atoms with Crippen molar-refractivity contribution in [1.82, 2.24) is 5.32 Å². The molecule has 0 aliphatic rings. The molecule has 0 fully saturated rings. The summed E-state index contributed by atoms with van der Waals surface area (Å²) in [5.41, 5.74) is 1.95. The number of amides is 2. The molecule has 0 saturated heterocycles. The van der Waals surface area contributed by atoms with Gasteiger partial charge in [0.2, 0.25) is 0 Å². The van der Waals surface area contributed by atoms with Crippen LogP contribution < -0.4 is 15.4 Å². The largest absolute Gasteiger partial charge is 0.497 e. The number of hydrogen-bond acceptors (Lipinski definition) is 6. The zero-order valence-electron chi connectivity index (χ0n) is 17.1. The summed E-state index contributed by atoms with van der Waals surface area (Å²) in [5, 5.41) is 5.34. The maximum absolute atomic E-state index is 12.6. The molecule has 0 aliphatic heterocycles. The third-order valence-electron chi connectivity index (χ3n) is 4.43. The van der Waals surface area contributed by atoms with Crippen molar-refractivity contribution in [3.05, 3.63) is 83.3 Å². The minimum absolute atomic E-state index is 0.111. The molecule has 0 atom stereocenters. The van der Waals surface area contributed by atoms with Crippen LogP contribution in [0.5, 0.6) is 5.75 Å². The van der Waals surface area contributed by atoms with E-state index >= 15 is 0 Å². The molecule has 2 amide bonds. The van der Waals surface area contributed by atoms with Crippen LogP contribution >= 0.6 is 0 Å². The van der Waals surface area contributed by atoms with E-state index in [2.05, 4.69) is 10.6 Å². The molecule has 0 saturated carbocycles. The fourth-order valence-electron chi connectivity index (χ4n) is 2.83. The topological polar surface area (TPSA) is 107 Å². The van der Waals surface area contributed by atoms with Gasteiger partial charge in [0, 0.05) is 6.54 Å². The molecule has 1 aromatic heterocycles. The number of esters is 1. The Morgan fingerprint density at radius 3 is 2.58 bits per heavy atom. The highest BCUT2D eigenvalue weighted by Gasteiger charge is 2.19. The second kappa shape index (κ2) is 10.1. The zero-order chi connectivity index (χ0) is 22.2. The predicted octanol–water partition coefficient (Wildman–Crippen LogP) is 3.32. The van der Waals surface area contributed by atoms with Gasteiger partial charge in [-0.2, -0.15) is 0 Å². The Bertz CT molecular complexity index is 1080. The predicted molar refractivity (Wildman–Crippen MR) is 113 cm³/mol. The molecule has 2 aromatic carbocycles. The summed E-state index contributed by atoms with van der Waals surface area (Å²) in [6, 6.07) is 15.3. The molecule has 3 rings (SSSR count). The van der Waals surface area contributed by atoms with Gasteiger partial charge in [0.15, 0.2) is 12.4 Å². The number of rotatable bonds is 8. The molecule has 1 heterocycles. The number of ether oxygens (including phenoxy) is 2. The second-order valence-electron chi connectivity index (χ2n) is 6.63. The summed E-state index contributed by atoms with van der Waals surface area (Å²) in [6.45, 7) is 1.56. The van der Waals surface area contributed by atoms with Crippen LogP contribution in [0.15, 0.2) is 65.3 Å². The lowest BCUT2D eigenvalue weighted by Gasteiger charge is -2.13. The minimum atomic E-state index is -0.727. The number of methoxy groups -OCH3 is 1. The molecule has 2 N–H and O–H groups in total. The quantitative estimate of drug-likeness (QED) is 0.540. The van der Waals surface area contributed by atoms with Gasteiger partial charge in [-0.3, -0.25) is 9.59 Å². The average Bonchev–Trinajstić information content (AvgIpc) is 3.32. The van der Waals surface area contributed by atoms with Gasteiger partial charge in [0.1, 0.15) is 5.75 Å². The molecule has 0 spiro atoms. The van der Waals surface area contributed by atoms with Crippen molar-refractivity contribution in [2.75, 3.05) is 19.0 Å². The van der Waals surface area contributed by atoms with Crippen LogP contribution in [0.3, 0.4) is 0 Å². The highest BCUT2D eigenvalue weighted by molar-refractivity contribution is 6.07. The van der Waals surface area contributed by atoms with Gasteiger partial charge in [-0.15, -0.1) is 0 Å². The van der Waals surface area contributed by atoms with Gasteiger partial charge in [0.25, 0.3) is 11.8 Å². The van der Waals surface area contributed by atoms with Crippen LogP contribution in [0.2, 0.25) is 0 Å². The molecular weight excluding hydrogens is 400 g/mol. The molecule has 160 valence electrons. The highest BCUT2D eigenvalue weighted by Crippen LogP contribution is 2.22. The fraction of sp³-hybridized carbons (Fsp3) is 0.174. The number of aryl methyl sites for hydroxylation is 1. The smallest absolute Gasteiger partial charge is 0.340 e. The third kappa shape index (κ3) is 5.72. The van der Waals surface area contributed by atoms with E-state index in [1.807, 2.05) is 12.1 Å². The standard InChI is InChI=1S/C23H22N2O6/c1-15-6-3-9-18(21(15)25-22(27)19-10-5-11-30-19)23(28)31-14-20(26)24-13-16-7-4-8-17(12-16)29-2/h3-12H,13-14H2,1-2H3,(H,24,26)(H,25,27). The summed E-state index contributed by atoms with van der Waals surface area (Å²) >= 11 is 0. The Balaban J connectivity index is 1.59. The highest BCUT2D eigenvalue weighted by atomic mass is 16.5. The first-order valence-corrected chi connectivity index (χ1v) is 9.49. The van der Waals surface area contributed by atoms with Crippen molar-refractivity contribution >= 4 is 23.5 Å². The van der Waals surface area contributed by atoms with Crippen molar-refractivity contribution in [3.8, 4) is 5.75 Å². The van der Waals surface area contributed by atoms with Crippen LogP contribution in [0.4, 0.5) is 5.69 Å². The van der Waals surface area contributed by atoms with Crippen molar-refractivity contribution in [3.63, 3.8) is 0 Å². The summed E-state index contributed by atoms with van der Waals surface area (Å²) in [7, 11) is 1.56. The SMILES string of the molecule is COc1cccc(CNC(=O)COC(=O)c2cccc(C)c2NC(=O)c2ccco2)c1. The maximum Gasteiger partial charge on any atom is 0.340 e. The lowest BCUT2D eigenvalue weighted by atomic mass is 10.1. The number of nitrogens with one attached hydrogen (secondary N) is 2. The Kier molecular flexibility index (Phi) is 7.05. The van der Waals surface area contributed by atoms with Gasteiger partial charge in [-0.1, -0.05) is 24.3 Å². The van der Waals surface area contributed by atoms with Crippen molar-refractivity contribution < 1.29 is 28.3 Å². The van der Waals surface area contributed by atoms with E-state index in [-0.39, 0.29) is 17.9 Å². The molecule has 3 aromatic rings. The number of benzene rings is 2. The van der Waals surface area contributed by atoms with Crippen molar-refractivity contribution in [1.29, 1.82) is 0 Å². The Labute approximate surface area is 179 Å². The molecule has 8 heteroatoms. The number of furan rings is 1. The van der Waals surface area contributed by atoms with Crippen molar-refractivity contribution in [2.45, 2.75) is 13.5 Å². The van der Waals surface area contributed by atoms with E-state index in [1.54, 1.807) is 44.4 Å². The minimum Gasteiger partial charge on any atom is -0.497 e. The van der Waals surface area contributed by atoms with E-state index < -0.39 is 24.4 Å². The molecular formula is C23H22N2O6. The van der Waals surface area contributed by atoms with Gasteiger partial charge in [-0.25, -0.2) is 4.79 Å². The Morgan fingerprint density at radius 1 is 1.03 bits per heavy atom.